The third kappa shape index (κ3) is 49.2. The number of carboxylic acid groups (broad SMARTS) is 2. The van der Waals surface area contributed by atoms with Gasteiger partial charge in [0.15, 0.2) is 0 Å². The molecular formula is C36H72O4Sn. The van der Waals surface area contributed by atoms with Crippen LogP contribution in [0.25, 0.3) is 0 Å². The fourth-order valence-electron chi connectivity index (χ4n) is 4.69. The van der Waals surface area contributed by atoms with E-state index in [-0.39, 0.29) is 26.8 Å². The third-order valence-corrected chi connectivity index (χ3v) is 7.30. The molecule has 0 atom stereocenters. The third-order valence-electron chi connectivity index (χ3n) is 7.30. The predicted molar refractivity (Wildman–Crippen MR) is 184 cm³/mol. The maximum atomic E-state index is 10.3. The second kappa shape index (κ2) is 41.4. The van der Waals surface area contributed by atoms with E-state index < -0.39 is 11.9 Å². The number of aliphatic carboxylic acids is 2. The zero-order valence-electron chi connectivity index (χ0n) is 27.3. The molecule has 0 bridgehead atoms. The number of carboxylic acids is 2. The summed E-state index contributed by atoms with van der Waals surface area (Å²) in [7, 11) is 0. The van der Waals surface area contributed by atoms with E-state index in [0.29, 0.717) is 12.8 Å². The Morgan fingerprint density at radius 3 is 0.878 bits per heavy atom. The first-order valence-electron chi connectivity index (χ1n) is 17.3. The Labute approximate surface area is 275 Å². The second-order valence-corrected chi connectivity index (χ2v) is 11.5. The number of unbranched alkanes of at least 4 members (excludes halogenated alkanes) is 22. The molecule has 0 aromatic carbocycles. The van der Waals surface area contributed by atoms with Crippen LogP contribution in [0.4, 0.5) is 0 Å². The molecule has 0 aliphatic rings. The predicted octanol–water partition coefficient (Wildman–Crippen LogP) is 12.3. The van der Waals surface area contributed by atoms with Crippen molar-refractivity contribution in [3.63, 3.8) is 0 Å². The largest absolute Gasteiger partial charge is 0.481 e. The molecule has 0 unspecified atom stereocenters. The van der Waals surface area contributed by atoms with E-state index in [9.17, 15) is 9.59 Å². The van der Waals surface area contributed by atoms with Crippen LogP contribution in [0.1, 0.15) is 196 Å². The molecule has 0 aliphatic carbocycles. The summed E-state index contributed by atoms with van der Waals surface area (Å²) < 4.78 is 0. The zero-order valence-corrected chi connectivity index (χ0v) is 30.2. The molecule has 0 aromatic heterocycles. The van der Waals surface area contributed by atoms with E-state index >= 15 is 0 Å². The maximum Gasteiger partial charge on any atom is 0.303 e. The summed E-state index contributed by atoms with van der Waals surface area (Å²) in [6.07, 6.45) is 42.5. The summed E-state index contributed by atoms with van der Waals surface area (Å²) in [6, 6.07) is 0. The first-order chi connectivity index (χ1) is 19.5. The molecule has 0 saturated heterocycles. The summed E-state index contributed by atoms with van der Waals surface area (Å²) in [6.45, 7) is 4.52. The molecule has 4 nitrogen and oxygen atoms in total. The number of rotatable bonds is 30. The summed E-state index contributed by atoms with van der Waals surface area (Å²) in [4.78, 5) is 20.6. The van der Waals surface area contributed by atoms with Crippen molar-refractivity contribution in [1.82, 2.24) is 0 Å². The standard InChI is InChI=1S/2C18H34O2.Sn.2H2/c2*1-2-3-4-5-6-7-8-9-10-11-12-13-14-15-16-17-18(19)20;;;/h2*9-10H,2-8,11-17H2,1H3,(H,19,20);;2*1H. The van der Waals surface area contributed by atoms with Gasteiger partial charge in [-0.2, -0.15) is 0 Å². The molecule has 0 aliphatic heterocycles. The van der Waals surface area contributed by atoms with E-state index in [0.717, 1.165) is 25.7 Å². The molecule has 0 saturated carbocycles. The van der Waals surface area contributed by atoms with Crippen molar-refractivity contribution in [2.45, 2.75) is 194 Å². The van der Waals surface area contributed by atoms with Crippen molar-refractivity contribution in [2.75, 3.05) is 0 Å². The van der Waals surface area contributed by atoms with Crippen LogP contribution in [0.5, 0.6) is 0 Å². The molecule has 0 amide bonds. The smallest absolute Gasteiger partial charge is 0.303 e. The van der Waals surface area contributed by atoms with Crippen LogP contribution in [-0.2, 0) is 9.59 Å². The van der Waals surface area contributed by atoms with Crippen LogP contribution < -0.4 is 0 Å². The molecule has 0 aromatic rings. The summed E-state index contributed by atoms with van der Waals surface area (Å²) >= 11 is 0. The SMILES string of the molecule is CCCCCCCCC=CCCCCCCCC(=O)O.CCCCCCCCC=CCCCCCCCC(=O)O.[HH].[HH].[Sn]. The van der Waals surface area contributed by atoms with Crippen molar-refractivity contribution in [1.29, 1.82) is 0 Å². The van der Waals surface area contributed by atoms with Gasteiger partial charge in [-0.3, -0.25) is 9.59 Å². The summed E-state index contributed by atoms with van der Waals surface area (Å²) in [5.74, 6) is -1.33. The Hall–Kier alpha value is -0.781. The molecule has 0 heterocycles. The summed E-state index contributed by atoms with van der Waals surface area (Å²) in [5.41, 5.74) is 0. The first kappa shape index (κ1) is 44.7. The monoisotopic (exact) mass is 688 g/mol. The van der Waals surface area contributed by atoms with Gasteiger partial charge < -0.3 is 10.2 Å². The van der Waals surface area contributed by atoms with E-state index in [4.69, 9.17) is 10.2 Å². The topological polar surface area (TPSA) is 74.6 Å². The first-order valence-corrected chi connectivity index (χ1v) is 17.3. The average Bonchev–Trinajstić information content (AvgIpc) is 2.93. The number of hydrogen-bond donors (Lipinski definition) is 2. The van der Waals surface area contributed by atoms with Crippen LogP contribution in [-0.4, -0.2) is 46.1 Å². The Kier molecular flexibility index (Phi) is 45.0. The zero-order chi connectivity index (χ0) is 29.8. The van der Waals surface area contributed by atoms with Crippen LogP contribution in [0.3, 0.4) is 0 Å². The number of allylic oxidation sites excluding steroid dienone is 4. The quantitative estimate of drug-likeness (QED) is 0.0448. The van der Waals surface area contributed by atoms with Gasteiger partial charge in [0.2, 0.25) is 0 Å². The van der Waals surface area contributed by atoms with Crippen molar-refractivity contribution in [3.8, 4) is 0 Å². The van der Waals surface area contributed by atoms with E-state index in [1.54, 1.807) is 0 Å². The van der Waals surface area contributed by atoms with Crippen molar-refractivity contribution >= 4 is 35.8 Å². The Bertz CT molecular complexity index is 536. The molecule has 244 valence electrons. The fraction of sp³-hybridized carbons (Fsp3) is 0.833. The Balaban J connectivity index is -0.000000209. The van der Waals surface area contributed by atoms with Crippen molar-refractivity contribution < 1.29 is 22.7 Å². The van der Waals surface area contributed by atoms with E-state index in [2.05, 4.69) is 38.2 Å². The normalized spacial score (nSPS) is 11.0. The minimum atomic E-state index is -0.664. The molecule has 0 rings (SSSR count). The van der Waals surface area contributed by atoms with Gasteiger partial charge in [0.25, 0.3) is 0 Å². The molecule has 41 heavy (non-hydrogen) atoms. The maximum absolute atomic E-state index is 10.3. The van der Waals surface area contributed by atoms with Gasteiger partial charge in [0.05, 0.1) is 0 Å². The molecule has 2 N–H and O–H groups in total. The molecule has 5 heteroatoms. The number of carbonyl (C=O) groups is 2. The fourth-order valence-corrected chi connectivity index (χ4v) is 4.69. The van der Waals surface area contributed by atoms with Crippen molar-refractivity contribution in [2.24, 2.45) is 0 Å². The van der Waals surface area contributed by atoms with Crippen molar-refractivity contribution in [3.05, 3.63) is 24.3 Å². The average molecular weight is 688 g/mol. The van der Waals surface area contributed by atoms with Gasteiger partial charge in [0.1, 0.15) is 0 Å². The number of hydrogen-bond acceptors (Lipinski definition) is 2. The van der Waals surface area contributed by atoms with Gasteiger partial charge >= 0.3 is 11.9 Å². The van der Waals surface area contributed by atoms with E-state index in [1.165, 1.54) is 141 Å². The van der Waals surface area contributed by atoms with E-state index in [1.807, 2.05) is 0 Å². The van der Waals surface area contributed by atoms with Crippen LogP contribution in [0, 0.1) is 0 Å². The van der Waals surface area contributed by atoms with Gasteiger partial charge in [-0.15, -0.1) is 0 Å². The molecule has 0 spiro atoms. The minimum absolute atomic E-state index is 0. The summed E-state index contributed by atoms with van der Waals surface area (Å²) in [5, 5.41) is 17.0. The molecule has 0 fully saturated rings. The van der Waals surface area contributed by atoms with Crippen LogP contribution >= 0.6 is 0 Å². The van der Waals surface area contributed by atoms with Gasteiger partial charge in [-0.05, 0) is 64.2 Å². The molecule has 4 radical (unpaired) electrons. The van der Waals surface area contributed by atoms with Crippen LogP contribution in [0.15, 0.2) is 24.3 Å². The van der Waals surface area contributed by atoms with Gasteiger partial charge in [-0.1, -0.05) is 141 Å². The Morgan fingerprint density at radius 2 is 0.634 bits per heavy atom. The van der Waals surface area contributed by atoms with Crippen LogP contribution in [0.2, 0.25) is 0 Å². The minimum Gasteiger partial charge on any atom is -0.481 e. The molecular weight excluding hydrogens is 615 g/mol. The van der Waals surface area contributed by atoms with Gasteiger partial charge in [-0.25, -0.2) is 0 Å². The second-order valence-electron chi connectivity index (χ2n) is 11.5. The Morgan fingerprint density at radius 1 is 0.415 bits per heavy atom. The van der Waals surface area contributed by atoms with Gasteiger partial charge in [0, 0.05) is 39.6 Å².